The van der Waals surface area contributed by atoms with Crippen molar-refractivity contribution in [2.24, 2.45) is 0 Å². The molecule has 0 aromatic heterocycles. The standard InChI is InChI=1S/C16H20Si2/c1-13-5-9-15(10-6-13)18(17(3)4)16-11-7-14(2)8-12-16/h5-12H,1-4H3. The van der Waals surface area contributed by atoms with Crippen LogP contribution in [0.15, 0.2) is 48.5 Å². The predicted molar refractivity (Wildman–Crippen MR) is 84.9 cm³/mol. The lowest BCUT2D eigenvalue weighted by molar-refractivity contribution is 1.48. The van der Waals surface area contributed by atoms with Crippen LogP contribution in [0.25, 0.3) is 0 Å². The second kappa shape index (κ2) is 5.68. The first-order valence-electron chi connectivity index (χ1n) is 6.39. The van der Waals surface area contributed by atoms with Gasteiger partial charge in [0, 0.05) is 8.31 Å². The Kier molecular flexibility index (Phi) is 4.20. The highest BCUT2D eigenvalue weighted by atomic mass is 29.2. The molecular weight excluding hydrogens is 248 g/mol. The van der Waals surface area contributed by atoms with E-state index in [2.05, 4.69) is 75.5 Å². The van der Waals surface area contributed by atoms with Gasteiger partial charge in [0.05, 0.1) is 0 Å². The van der Waals surface area contributed by atoms with E-state index in [0.717, 1.165) is 0 Å². The van der Waals surface area contributed by atoms with Gasteiger partial charge in [-0.25, -0.2) is 0 Å². The molecule has 0 nitrogen and oxygen atoms in total. The zero-order valence-electron chi connectivity index (χ0n) is 11.6. The first-order valence-corrected chi connectivity index (χ1v) is 11.4. The summed E-state index contributed by atoms with van der Waals surface area (Å²) in [6.45, 7) is 9.20. The van der Waals surface area contributed by atoms with Crippen molar-refractivity contribution in [1.82, 2.24) is 0 Å². The van der Waals surface area contributed by atoms with Gasteiger partial charge < -0.3 is 0 Å². The molecule has 0 heterocycles. The van der Waals surface area contributed by atoms with Crippen molar-refractivity contribution < 1.29 is 0 Å². The number of hydrogen-bond acceptors (Lipinski definition) is 0. The summed E-state index contributed by atoms with van der Waals surface area (Å²) >= 11 is 0. The molecule has 0 aliphatic carbocycles. The van der Waals surface area contributed by atoms with Gasteiger partial charge in [-0.2, -0.15) is 0 Å². The lowest BCUT2D eigenvalue weighted by Crippen LogP contribution is -2.51. The number of rotatable bonds is 3. The summed E-state index contributed by atoms with van der Waals surface area (Å²) in [5, 5.41) is 3.13. The Balaban J connectivity index is 2.39. The first kappa shape index (κ1) is 13.3. The molecule has 0 atom stereocenters. The van der Waals surface area contributed by atoms with E-state index in [1.165, 1.54) is 11.1 Å². The fraction of sp³-hybridized carbons (Fsp3) is 0.250. The molecule has 0 N–H and O–H groups in total. The van der Waals surface area contributed by atoms with Gasteiger partial charge in [0.2, 0.25) is 0 Å². The summed E-state index contributed by atoms with van der Waals surface area (Å²) in [5.41, 5.74) is 2.70. The summed E-state index contributed by atoms with van der Waals surface area (Å²) in [5.74, 6) is 0. The van der Waals surface area contributed by atoms with Crippen LogP contribution in [0.4, 0.5) is 0 Å². The van der Waals surface area contributed by atoms with Crippen molar-refractivity contribution >= 4 is 27.0 Å². The van der Waals surface area contributed by atoms with E-state index < -0.39 is 8.31 Å². The quantitative estimate of drug-likeness (QED) is 0.751. The molecule has 0 spiro atoms. The predicted octanol–water partition coefficient (Wildman–Crippen LogP) is 2.75. The van der Waals surface area contributed by atoms with Crippen LogP contribution >= 0.6 is 0 Å². The van der Waals surface area contributed by atoms with Crippen LogP contribution in [-0.2, 0) is 0 Å². The Bertz CT molecular complexity index is 452. The zero-order chi connectivity index (χ0) is 13.1. The van der Waals surface area contributed by atoms with Crippen molar-refractivity contribution in [2.75, 3.05) is 0 Å². The number of aryl methyl sites for hydroxylation is 2. The number of hydrogen-bond donors (Lipinski definition) is 0. The van der Waals surface area contributed by atoms with Crippen LogP contribution in [0, 0.1) is 13.8 Å². The van der Waals surface area contributed by atoms with Crippen molar-refractivity contribution in [3.05, 3.63) is 59.7 Å². The highest BCUT2D eigenvalue weighted by Gasteiger charge is 2.21. The van der Waals surface area contributed by atoms with Crippen molar-refractivity contribution in [3.63, 3.8) is 0 Å². The summed E-state index contributed by atoms with van der Waals surface area (Å²) in [7, 11) is -0.849. The van der Waals surface area contributed by atoms with E-state index in [4.69, 9.17) is 0 Å². The molecule has 2 rings (SSSR count). The van der Waals surface area contributed by atoms with Crippen molar-refractivity contribution in [2.45, 2.75) is 26.9 Å². The third-order valence-electron chi connectivity index (χ3n) is 3.18. The molecular formula is C16H20Si2. The second-order valence-electron chi connectivity index (χ2n) is 5.11. The normalized spacial score (nSPS) is 11.2. The minimum atomic E-state index is -0.548. The third-order valence-corrected chi connectivity index (χ3v) is 10.7. The third kappa shape index (κ3) is 3.00. The maximum Gasteiger partial charge on any atom is 0.109 e. The Hall–Kier alpha value is -1.13. The molecule has 0 saturated heterocycles. The minimum absolute atomic E-state index is 0.301. The first-order chi connectivity index (χ1) is 8.58. The van der Waals surface area contributed by atoms with Crippen molar-refractivity contribution in [1.29, 1.82) is 0 Å². The molecule has 0 bridgehead atoms. The summed E-state index contributed by atoms with van der Waals surface area (Å²) in [4.78, 5) is 0. The van der Waals surface area contributed by atoms with E-state index in [9.17, 15) is 0 Å². The highest BCUT2D eigenvalue weighted by molar-refractivity contribution is 7.32. The maximum atomic E-state index is 2.44. The summed E-state index contributed by atoms with van der Waals surface area (Å²) in [6.07, 6.45) is 0. The Labute approximate surface area is 114 Å². The summed E-state index contributed by atoms with van der Waals surface area (Å²) in [6, 6.07) is 18.3. The van der Waals surface area contributed by atoms with E-state index >= 15 is 0 Å². The van der Waals surface area contributed by atoms with Gasteiger partial charge >= 0.3 is 0 Å². The van der Waals surface area contributed by atoms with E-state index in [0.29, 0.717) is 0 Å². The second-order valence-corrected chi connectivity index (χ2v) is 13.5. The minimum Gasteiger partial charge on any atom is -0.0729 e. The van der Waals surface area contributed by atoms with E-state index in [1.54, 1.807) is 10.4 Å². The average molecular weight is 269 g/mol. The van der Waals surface area contributed by atoms with Gasteiger partial charge in [-0.3, -0.25) is 0 Å². The van der Waals surface area contributed by atoms with Gasteiger partial charge in [-0.1, -0.05) is 83.1 Å². The van der Waals surface area contributed by atoms with Gasteiger partial charge in [-0.15, -0.1) is 0 Å². The van der Waals surface area contributed by atoms with Crippen LogP contribution in [0.1, 0.15) is 11.1 Å². The monoisotopic (exact) mass is 268 g/mol. The fourth-order valence-corrected chi connectivity index (χ4v) is 9.14. The molecule has 0 saturated carbocycles. The molecule has 0 aliphatic heterocycles. The molecule has 2 aromatic carbocycles. The van der Waals surface area contributed by atoms with Crippen LogP contribution in [0.2, 0.25) is 13.1 Å². The Morgan fingerprint density at radius 2 is 0.944 bits per heavy atom. The molecule has 2 aromatic rings. The zero-order valence-corrected chi connectivity index (χ0v) is 13.6. The Morgan fingerprint density at radius 1 is 0.611 bits per heavy atom. The van der Waals surface area contributed by atoms with Crippen LogP contribution < -0.4 is 10.4 Å². The van der Waals surface area contributed by atoms with Crippen molar-refractivity contribution in [3.8, 4) is 0 Å². The van der Waals surface area contributed by atoms with Gasteiger partial charge in [0.25, 0.3) is 0 Å². The molecule has 18 heavy (non-hydrogen) atoms. The molecule has 0 amide bonds. The molecule has 2 heteroatoms. The summed E-state index contributed by atoms with van der Waals surface area (Å²) < 4.78 is 0. The van der Waals surface area contributed by atoms with Crippen LogP contribution in [-0.4, -0.2) is 16.6 Å². The molecule has 2 radical (unpaired) electrons. The highest BCUT2D eigenvalue weighted by Crippen LogP contribution is 2.01. The molecule has 0 aliphatic rings. The molecule has 0 unspecified atom stereocenters. The maximum absolute atomic E-state index is 2.44. The largest absolute Gasteiger partial charge is 0.109 e. The molecule has 92 valence electrons. The van der Waals surface area contributed by atoms with E-state index in [-0.39, 0.29) is 8.31 Å². The van der Waals surface area contributed by atoms with Gasteiger partial charge in [0.15, 0.2) is 0 Å². The molecule has 0 fully saturated rings. The smallest absolute Gasteiger partial charge is 0.0729 e. The topological polar surface area (TPSA) is 0 Å². The van der Waals surface area contributed by atoms with E-state index in [1.807, 2.05) is 0 Å². The number of benzene rings is 2. The SMILES string of the molecule is Cc1ccc([Si](c2ccc(C)cc2)[Si](C)C)cc1. The van der Waals surface area contributed by atoms with Crippen LogP contribution in [0.5, 0.6) is 0 Å². The van der Waals surface area contributed by atoms with Gasteiger partial charge in [0.1, 0.15) is 8.31 Å². The van der Waals surface area contributed by atoms with Gasteiger partial charge in [-0.05, 0) is 13.8 Å². The Morgan fingerprint density at radius 3 is 1.22 bits per heavy atom. The van der Waals surface area contributed by atoms with Crippen LogP contribution in [0.3, 0.4) is 0 Å². The fourth-order valence-electron chi connectivity index (χ4n) is 2.18. The lowest BCUT2D eigenvalue weighted by Gasteiger charge is -2.19. The average Bonchev–Trinajstić information content (AvgIpc) is 2.34. The lowest BCUT2D eigenvalue weighted by atomic mass is 10.2.